The molecule has 3 rings (SSSR count). The molecule has 4 nitrogen and oxygen atoms in total. The van der Waals surface area contributed by atoms with Gasteiger partial charge in [0.25, 0.3) is 0 Å². The van der Waals surface area contributed by atoms with Crippen LogP contribution >= 0.6 is 11.3 Å². The van der Waals surface area contributed by atoms with E-state index >= 15 is 0 Å². The summed E-state index contributed by atoms with van der Waals surface area (Å²) in [4.78, 5) is 2.23. The SMILES string of the molecule is COc1cc(F)cc(C2CCCN(c3nncs3)C2)c1. The number of benzene rings is 1. The zero-order chi connectivity index (χ0) is 13.9. The van der Waals surface area contributed by atoms with Gasteiger partial charge in [0.05, 0.1) is 7.11 Å². The normalized spacial score (nSPS) is 19.1. The van der Waals surface area contributed by atoms with Gasteiger partial charge in [-0.2, -0.15) is 0 Å². The first-order valence-corrected chi connectivity index (χ1v) is 7.50. The molecule has 1 atom stereocenters. The summed E-state index contributed by atoms with van der Waals surface area (Å²) in [6.45, 7) is 1.83. The number of hydrogen-bond donors (Lipinski definition) is 0. The minimum absolute atomic E-state index is 0.243. The second kappa shape index (κ2) is 5.75. The molecule has 1 saturated heterocycles. The van der Waals surface area contributed by atoms with Gasteiger partial charge in [-0.05, 0) is 30.5 Å². The van der Waals surface area contributed by atoms with Gasteiger partial charge in [-0.3, -0.25) is 0 Å². The van der Waals surface area contributed by atoms with Crippen molar-refractivity contribution in [1.82, 2.24) is 10.2 Å². The van der Waals surface area contributed by atoms with E-state index in [4.69, 9.17) is 4.74 Å². The zero-order valence-electron chi connectivity index (χ0n) is 11.3. The topological polar surface area (TPSA) is 38.2 Å². The standard InChI is InChI=1S/C14H16FN3OS/c1-19-13-6-11(5-12(15)7-13)10-3-2-4-18(8-10)14-17-16-9-20-14/h5-7,9-10H,2-4,8H2,1H3. The lowest BCUT2D eigenvalue weighted by atomic mass is 9.90. The average molecular weight is 293 g/mol. The van der Waals surface area contributed by atoms with Gasteiger partial charge in [-0.1, -0.05) is 11.3 Å². The molecule has 6 heteroatoms. The molecule has 0 saturated carbocycles. The van der Waals surface area contributed by atoms with Gasteiger partial charge in [-0.25, -0.2) is 4.39 Å². The number of halogens is 1. The lowest BCUT2D eigenvalue weighted by Crippen LogP contribution is -2.34. The van der Waals surface area contributed by atoms with Gasteiger partial charge in [0.2, 0.25) is 5.13 Å². The summed E-state index contributed by atoms with van der Waals surface area (Å²) in [6, 6.07) is 4.95. The molecular formula is C14H16FN3OS. The first kappa shape index (κ1) is 13.3. The van der Waals surface area contributed by atoms with Crippen LogP contribution < -0.4 is 9.64 Å². The molecule has 0 spiro atoms. The quantitative estimate of drug-likeness (QED) is 0.871. The Morgan fingerprint density at radius 2 is 2.30 bits per heavy atom. The molecule has 2 aromatic rings. The first-order chi connectivity index (χ1) is 9.76. The Labute approximate surface area is 121 Å². The fourth-order valence-corrected chi connectivity index (χ4v) is 3.26. The van der Waals surface area contributed by atoms with E-state index in [1.165, 1.54) is 6.07 Å². The molecule has 1 fully saturated rings. The Morgan fingerprint density at radius 1 is 1.40 bits per heavy atom. The predicted molar refractivity (Wildman–Crippen MR) is 77.0 cm³/mol. The third kappa shape index (κ3) is 2.75. The van der Waals surface area contributed by atoms with Crippen LogP contribution in [0.25, 0.3) is 0 Å². The highest BCUT2D eigenvalue weighted by Gasteiger charge is 2.24. The molecule has 1 aromatic carbocycles. The number of hydrogen-bond acceptors (Lipinski definition) is 5. The Kier molecular flexibility index (Phi) is 3.82. The Morgan fingerprint density at radius 3 is 3.05 bits per heavy atom. The van der Waals surface area contributed by atoms with E-state index in [1.807, 2.05) is 6.07 Å². The third-order valence-corrected chi connectivity index (χ3v) is 4.39. The molecule has 2 heterocycles. The summed E-state index contributed by atoms with van der Waals surface area (Å²) in [5, 5.41) is 8.94. The van der Waals surface area contributed by atoms with E-state index in [-0.39, 0.29) is 5.82 Å². The van der Waals surface area contributed by atoms with Crippen LogP contribution in [0.2, 0.25) is 0 Å². The first-order valence-electron chi connectivity index (χ1n) is 6.62. The van der Waals surface area contributed by atoms with E-state index < -0.39 is 0 Å². The number of aromatic nitrogens is 2. The van der Waals surface area contributed by atoms with Gasteiger partial charge in [0, 0.05) is 25.1 Å². The molecule has 0 radical (unpaired) electrons. The summed E-state index contributed by atoms with van der Waals surface area (Å²) in [6.07, 6.45) is 2.13. The van der Waals surface area contributed by atoms with Crippen molar-refractivity contribution < 1.29 is 9.13 Å². The van der Waals surface area contributed by atoms with Crippen LogP contribution in [0.5, 0.6) is 5.75 Å². The number of anilines is 1. The summed E-state index contributed by atoms with van der Waals surface area (Å²) in [7, 11) is 1.56. The zero-order valence-corrected chi connectivity index (χ0v) is 12.1. The molecule has 106 valence electrons. The molecule has 1 aliphatic rings. The average Bonchev–Trinajstić information content (AvgIpc) is 3.01. The summed E-state index contributed by atoms with van der Waals surface area (Å²) in [5.41, 5.74) is 2.74. The molecular weight excluding hydrogens is 277 g/mol. The van der Waals surface area contributed by atoms with Crippen LogP contribution in [0, 0.1) is 5.82 Å². The van der Waals surface area contributed by atoms with Crippen molar-refractivity contribution in [2.45, 2.75) is 18.8 Å². The predicted octanol–water partition coefficient (Wildman–Crippen LogP) is 3.07. The van der Waals surface area contributed by atoms with Crippen molar-refractivity contribution in [3.8, 4) is 5.75 Å². The Hall–Kier alpha value is -1.69. The van der Waals surface area contributed by atoms with E-state index in [1.54, 1.807) is 30.0 Å². The molecule has 0 aliphatic carbocycles. The van der Waals surface area contributed by atoms with Gasteiger partial charge in [0.15, 0.2) is 0 Å². The Balaban J connectivity index is 1.81. The summed E-state index contributed by atoms with van der Waals surface area (Å²) >= 11 is 1.54. The highest BCUT2D eigenvalue weighted by molar-refractivity contribution is 7.13. The van der Waals surface area contributed by atoms with Gasteiger partial charge < -0.3 is 9.64 Å². The van der Waals surface area contributed by atoms with Crippen molar-refractivity contribution >= 4 is 16.5 Å². The van der Waals surface area contributed by atoms with E-state index in [0.717, 1.165) is 36.6 Å². The maximum absolute atomic E-state index is 13.6. The fourth-order valence-electron chi connectivity index (χ4n) is 2.67. The number of ether oxygens (including phenoxy) is 1. The molecule has 0 N–H and O–H groups in total. The number of rotatable bonds is 3. The monoisotopic (exact) mass is 293 g/mol. The van der Waals surface area contributed by atoms with Crippen LogP contribution in [-0.2, 0) is 0 Å². The number of nitrogens with zero attached hydrogens (tertiary/aromatic N) is 3. The Bertz CT molecular complexity index is 576. The molecule has 1 aliphatic heterocycles. The number of methoxy groups -OCH3 is 1. The highest BCUT2D eigenvalue weighted by atomic mass is 32.1. The molecule has 20 heavy (non-hydrogen) atoms. The van der Waals surface area contributed by atoms with E-state index in [9.17, 15) is 4.39 Å². The lowest BCUT2D eigenvalue weighted by Gasteiger charge is -2.32. The maximum atomic E-state index is 13.6. The van der Waals surface area contributed by atoms with E-state index in [2.05, 4.69) is 15.1 Å². The van der Waals surface area contributed by atoms with E-state index in [0.29, 0.717) is 11.7 Å². The van der Waals surface area contributed by atoms with Crippen molar-refractivity contribution in [2.24, 2.45) is 0 Å². The van der Waals surface area contributed by atoms with Crippen molar-refractivity contribution in [3.05, 3.63) is 35.1 Å². The second-order valence-electron chi connectivity index (χ2n) is 4.93. The third-order valence-electron chi connectivity index (χ3n) is 3.64. The largest absolute Gasteiger partial charge is 0.497 e. The molecule has 1 unspecified atom stereocenters. The molecule has 1 aromatic heterocycles. The minimum Gasteiger partial charge on any atom is -0.497 e. The lowest BCUT2D eigenvalue weighted by molar-refractivity contribution is 0.408. The van der Waals surface area contributed by atoms with Crippen LogP contribution in [0.15, 0.2) is 23.7 Å². The van der Waals surface area contributed by atoms with Gasteiger partial charge >= 0.3 is 0 Å². The fraction of sp³-hybridized carbons (Fsp3) is 0.429. The molecule has 0 amide bonds. The van der Waals surface area contributed by atoms with Crippen molar-refractivity contribution in [3.63, 3.8) is 0 Å². The maximum Gasteiger partial charge on any atom is 0.208 e. The van der Waals surface area contributed by atoms with Crippen LogP contribution in [0.1, 0.15) is 24.3 Å². The van der Waals surface area contributed by atoms with Crippen LogP contribution in [-0.4, -0.2) is 30.4 Å². The second-order valence-corrected chi connectivity index (χ2v) is 5.74. The highest BCUT2D eigenvalue weighted by Crippen LogP contribution is 2.32. The smallest absolute Gasteiger partial charge is 0.208 e. The number of piperidine rings is 1. The van der Waals surface area contributed by atoms with Crippen molar-refractivity contribution in [1.29, 1.82) is 0 Å². The van der Waals surface area contributed by atoms with Crippen molar-refractivity contribution in [2.75, 3.05) is 25.1 Å². The molecule has 0 bridgehead atoms. The van der Waals surface area contributed by atoms with Gasteiger partial charge in [-0.15, -0.1) is 10.2 Å². The summed E-state index contributed by atoms with van der Waals surface area (Å²) in [5.74, 6) is 0.637. The van der Waals surface area contributed by atoms with Crippen LogP contribution in [0.3, 0.4) is 0 Å². The van der Waals surface area contributed by atoms with Crippen LogP contribution in [0.4, 0.5) is 9.52 Å². The van der Waals surface area contributed by atoms with Gasteiger partial charge in [0.1, 0.15) is 17.1 Å². The summed E-state index contributed by atoms with van der Waals surface area (Å²) < 4.78 is 18.8. The minimum atomic E-state index is -0.243.